The summed E-state index contributed by atoms with van der Waals surface area (Å²) in [5.41, 5.74) is 0.650. The lowest BCUT2D eigenvalue weighted by Crippen LogP contribution is -2.24. The van der Waals surface area contributed by atoms with Crippen LogP contribution in [-0.2, 0) is 4.84 Å². The van der Waals surface area contributed by atoms with Gasteiger partial charge in [0.1, 0.15) is 5.75 Å². The Morgan fingerprint density at radius 3 is 2.76 bits per heavy atom. The van der Waals surface area contributed by atoms with Crippen LogP contribution in [0, 0.1) is 0 Å². The Hall–Kier alpha value is -1.59. The Balaban J connectivity index is 2.46. The molecular formula is C12H13NO3S. The zero-order chi connectivity index (χ0) is 12.4. The molecule has 0 aliphatic rings. The molecule has 0 spiro atoms. The first-order chi connectivity index (χ1) is 8.17. The van der Waals surface area contributed by atoms with Gasteiger partial charge in [-0.15, -0.1) is 11.3 Å². The topological polar surface area (TPSA) is 38.8 Å². The van der Waals surface area contributed by atoms with E-state index in [4.69, 9.17) is 9.57 Å². The van der Waals surface area contributed by atoms with Crippen LogP contribution in [0.3, 0.4) is 0 Å². The van der Waals surface area contributed by atoms with Crippen molar-refractivity contribution in [1.82, 2.24) is 5.06 Å². The van der Waals surface area contributed by atoms with Gasteiger partial charge in [0.15, 0.2) is 0 Å². The average Bonchev–Trinajstić information content (AvgIpc) is 2.79. The molecule has 5 heteroatoms. The van der Waals surface area contributed by atoms with Gasteiger partial charge in [0.25, 0.3) is 5.91 Å². The van der Waals surface area contributed by atoms with E-state index in [9.17, 15) is 4.79 Å². The molecule has 1 amide bonds. The molecule has 1 aromatic heterocycles. The highest BCUT2D eigenvalue weighted by atomic mass is 32.1. The third kappa shape index (κ3) is 2.11. The summed E-state index contributed by atoms with van der Waals surface area (Å²) in [7, 11) is 4.68. The van der Waals surface area contributed by atoms with Gasteiger partial charge in [0.05, 0.1) is 19.8 Å². The minimum Gasteiger partial charge on any atom is -0.497 e. The van der Waals surface area contributed by atoms with E-state index in [0.717, 1.165) is 15.8 Å². The molecule has 0 radical (unpaired) electrons. The maximum atomic E-state index is 12.0. The molecule has 0 saturated heterocycles. The molecule has 0 saturated carbocycles. The number of carbonyl (C=O) groups excluding carboxylic acids is 1. The minimum atomic E-state index is -0.149. The van der Waals surface area contributed by atoms with Gasteiger partial charge in [-0.1, -0.05) is 0 Å². The summed E-state index contributed by atoms with van der Waals surface area (Å²) in [6.45, 7) is 0. The summed E-state index contributed by atoms with van der Waals surface area (Å²) in [6, 6.07) is 5.66. The highest BCUT2D eigenvalue weighted by molar-refractivity contribution is 7.17. The molecule has 4 nitrogen and oxygen atoms in total. The summed E-state index contributed by atoms with van der Waals surface area (Å²) in [6.07, 6.45) is 0. The van der Waals surface area contributed by atoms with Crippen LogP contribution in [0.2, 0.25) is 0 Å². The zero-order valence-corrected chi connectivity index (χ0v) is 10.7. The Kier molecular flexibility index (Phi) is 3.31. The molecule has 2 aromatic rings. The van der Waals surface area contributed by atoms with Crippen LogP contribution in [0.25, 0.3) is 10.1 Å². The van der Waals surface area contributed by atoms with E-state index in [1.807, 2.05) is 23.6 Å². The van der Waals surface area contributed by atoms with Crippen molar-refractivity contribution in [2.75, 3.05) is 21.3 Å². The molecule has 0 atom stereocenters. The molecule has 0 aliphatic carbocycles. The molecule has 1 aromatic carbocycles. The number of amides is 1. The lowest BCUT2D eigenvalue weighted by atomic mass is 10.1. The Morgan fingerprint density at radius 2 is 2.12 bits per heavy atom. The van der Waals surface area contributed by atoms with Crippen LogP contribution in [0.1, 0.15) is 10.4 Å². The molecule has 17 heavy (non-hydrogen) atoms. The van der Waals surface area contributed by atoms with Gasteiger partial charge in [-0.05, 0) is 18.2 Å². The molecule has 90 valence electrons. The predicted octanol–water partition coefficient (Wildman–Crippen LogP) is 2.54. The summed E-state index contributed by atoms with van der Waals surface area (Å²) in [5, 5.41) is 3.97. The molecule has 0 unspecified atom stereocenters. The van der Waals surface area contributed by atoms with Crippen molar-refractivity contribution >= 4 is 27.3 Å². The van der Waals surface area contributed by atoms with E-state index in [1.54, 1.807) is 14.2 Å². The molecule has 0 N–H and O–H groups in total. The van der Waals surface area contributed by atoms with Crippen LogP contribution >= 0.6 is 11.3 Å². The summed E-state index contributed by atoms with van der Waals surface area (Å²) >= 11 is 1.52. The van der Waals surface area contributed by atoms with Gasteiger partial charge in [-0.25, -0.2) is 5.06 Å². The van der Waals surface area contributed by atoms with E-state index < -0.39 is 0 Å². The quantitative estimate of drug-likeness (QED) is 0.787. The summed E-state index contributed by atoms with van der Waals surface area (Å²) in [4.78, 5) is 16.9. The number of nitrogens with zero attached hydrogens (tertiary/aromatic N) is 1. The van der Waals surface area contributed by atoms with Crippen LogP contribution in [0.4, 0.5) is 0 Å². The Labute approximate surface area is 103 Å². The van der Waals surface area contributed by atoms with Gasteiger partial charge in [0.2, 0.25) is 0 Å². The average molecular weight is 251 g/mol. The SMILES string of the molecule is COc1ccc2c(C(=O)N(C)OC)csc2c1. The molecule has 0 fully saturated rings. The molecule has 1 heterocycles. The fraction of sp³-hybridized carbons (Fsp3) is 0.250. The van der Waals surface area contributed by atoms with Crippen LogP contribution < -0.4 is 4.74 Å². The minimum absolute atomic E-state index is 0.149. The van der Waals surface area contributed by atoms with E-state index in [2.05, 4.69) is 0 Å². The van der Waals surface area contributed by atoms with E-state index >= 15 is 0 Å². The number of ether oxygens (including phenoxy) is 1. The first kappa shape index (κ1) is 11.9. The fourth-order valence-electron chi connectivity index (χ4n) is 1.55. The standard InChI is InChI=1S/C12H13NO3S/c1-13(16-3)12(14)10-7-17-11-6-8(15-2)4-5-9(10)11/h4-7H,1-3H3. The normalized spacial score (nSPS) is 10.5. The monoisotopic (exact) mass is 251 g/mol. The second kappa shape index (κ2) is 4.73. The number of thiophene rings is 1. The number of hydroxylamine groups is 2. The van der Waals surface area contributed by atoms with Crippen molar-refractivity contribution in [3.05, 3.63) is 29.1 Å². The van der Waals surface area contributed by atoms with Crippen molar-refractivity contribution in [3.63, 3.8) is 0 Å². The maximum absolute atomic E-state index is 12.0. The van der Waals surface area contributed by atoms with Gasteiger partial charge in [0, 0.05) is 22.5 Å². The van der Waals surface area contributed by atoms with Gasteiger partial charge in [-0.2, -0.15) is 0 Å². The smallest absolute Gasteiger partial charge is 0.278 e. The fourth-order valence-corrected chi connectivity index (χ4v) is 2.52. The Morgan fingerprint density at radius 1 is 1.35 bits per heavy atom. The van der Waals surface area contributed by atoms with Crippen molar-refractivity contribution in [2.24, 2.45) is 0 Å². The zero-order valence-electron chi connectivity index (χ0n) is 9.89. The second-order valence-corrected chi connectivity index (χ2v) is 4.41. The highest BCUT2D eigenvalue weighted by Gasteiger charge is 2.16. The lowest BCUT2D eigenvalue weighted by Gasteiger charge is -2.12. The van der Waals surface area contributed by atoms with Crippen molar-refractivity contribution in [2.45, 2.75) is 0 Å². The van der Waals surface area contributed by atoms with E-state index in [0.29, 0.717) is 5.56 Å². The number of rotatable bonds is 3. The van der Waals surface area contributed by atoms with Crippen molar-refractivity contribution < 1.29 is 14.4 Å². The molecular weight excluding hydrogens is 238 g/mol. The first-order valence-corrected chi connectivity index (χ1v) is 5.92. The first-order valence-electron chi connectivity index (χ1n) is 5.04. The van der Waals surface area contributed by atoms with E-state index in [1.165, 1.54) is 23.5 Å². The van der Waals surface area contributed by atoms with Crippen LogP contribution in [-0.4, -0.2) is 32.2 Å². The maximum Gasteiger partial charge on any atom is 0.278 e. The van der Waals surface area contributed by atoms with Crippen molar-refractivity contribution in [1.29, 1.82) is 0 Å². The van der Waals surface area contributed by atoms with Gasteiger partial charge in [-0.3, -0.25) is 9.63 Å². The number of benzene rings is 1. The van der Waals surface area contributed by atoms with E-state index in [-0.39, 0.29) is 5.91 Å². The third-order valence-corrected chi connectivity index (χ3v) is 3.52. The van der Waals surface area contributed by atoms with Gasteiger partial charge < -0.3 is 4.74 Å². The Bertz CT molecular complexity index is 550. The number of hydrogen-bond acceptors (Lipinski definition) is 4. The number of methoxy groups -OCH3 is 1. The lowest BCUT2D eigenvalue weighted by molar-refractivity contribution is -0.0755. The summed E-state index contributed by atoms with van der Waals surface area (Å²) < 4.78 is 6.17. The summed E-state index contributed by atoms with van der Waals surface area (Å²) in [5.74, 6) is 0.641. The highest BCUT2D eigenvalue weighted by Crippen LogP contribution is 2.30. The number of hydrogen-bond donors (Lipinski definition) is 0. The van der Waals surface area contributed by atoms with Crippen LogP contribution in [0.5, 0.6) is 5.75 Å². The van der Waals surface area contributed by atoms with Crippen molar-refractivity contribution in [3.8, 4) is 5.75 Å². The molecule has 2 rings (SSSR count). The number of carbonyl (C=O) groups is 1. The largest absolute Gasteiger partial charge is 0.497 e. The van der Waals surface area contributed by atoms with Crippen LogP contribution in [0.15, 0.2) is 23.6 Å². The number of fused-ring (bicyclic) bond motifs is 1. The third-order valence-electron chi connectivity index (χ3n) is 2.57. The molecule has 0 bridgehead atoms. The second-order valence-electron chi connectivity index (χ2n) is 3.50. The predicted molar refractivity (Wildman–Crippen MR) is 67.5 cm³/mol. The molecule has 0 aliphatic heterocycles. The van der Waals surface area contributed by atoms with Gasteiger partial charge >= 0.3 is 0 Å².